The number of nitrogens with zero attached hydrogens (tertiary/aromatic N) is 2. The zero-order valence-corrected chi connectivity index (χ0v) is 12.0. The lowest BCUT2D eigenvalue weighted by Crippen LogP contribution is -2.12. The molecule has 5 nitrogen and oxygen atoms in total. The monoisotopic (exact) mass is 303 g/mol. The lowest BCUT2D eigenvalue weighted by atomic mass is 10.4. The molecule has 2 aromatic heterocycles. The van der Waals surface area contributed by atoms with Crippen LogP contribution in [0.2, 0.25) is 5.15 Å². The van der Waals surface area contributed by atoms with E-state index >= 15 is 0 Å². The van der Waals surface area contributed by atoms with Crippen molar-refractivity contribution in [1.29, 1.82) is 0 Å². The predicted octanol–water partition coefficient (Wildman–Crippen LogP) is 2.61. The third-order valence-corrected chi connectivity index (χ3v) is 4.92. The number of halogens is 1. The van der Waals surface area contributed by atoms with Crippen molar-refractivity contribution >= 4 is 38.1 Å². The molecule has 1 N–H and O–H groups in total. The number of nitrogens with one attached hydrogen (secondary N) is 1. The number of thiazole rings is 1. The highest BCUT2D eigenvalue weighted by Crippen LogP contribution is 2.24. The fraction of sp³-hybridized carbons (Fsp3) is 0.200. The number of rotatable bonds is 3. The maximum atomic E-state index is 12.0. The van der Waals surface area contributed by atoms with E-state index in [4.69, 9.17) is 11.6 Å². The van der Waals surface area contributed by atoms with Crippen LogP contribution in [0, 0.1) is 13.8 Å². The summed E-state index contributed by atoms with van der Waals surface area (Å²) in [6.07, 6.45) is 1.34. The molecule has 0 radical (unpaired) electrons. The second kappa shape index (κ2) is 4.83. The smallest absolute Gasteiger partial charge is 0.255 e. The van der Waals surface area contributed by atoms with Crippen molar-refractivity contribution < 1.29 is 8.42 Å². The zero-order valence-electron chi connectivity index (χ0n) is 9.64. The number of aryl methyl sites for hydroxylation is 2. The first-order valence-electron chi connectivity index (χ1n) is 4.97. The highest BCUT2D eigenvalue weighted by molar-refractivity contribution is 7.93. The topological polar surface area (TPSA) is 72.0 Å². The lowest BCUT2D eigenvalue weighted by molar-refractivity contribution is 0.601. The van der Waals surface area contributed by atoms with E-state index in [-0.39, 0.29) is 10.0 Å². The van der Waals surface area contributed by atoms with Crippen molar-refractivity contribution in [3.8, 4) is 0 Å². The summed E-state index contributed by atoms with van der Waals surface area (Å²) in [4.78, 5) is 8.90. The van der Waals surface area contributed by atoms with Crippen LogP contribution in [-0.2, 0) is 10.0 Å². The second-order valence-electron chi connectivity index (χ2n) is 3.58. The number of hydrogen-bond acceptors (Lipinski definition) is 5. The van der Waals surface area contributed by atoms with Gasteiger partial charge in [-0.2, -0.15) is 0 Å². The van der Waals surface area contributed by atoms with Gasteiger partial charge in [0, 0.05) is 11.1 Å². The summed E-state index contributed by atoms with van der Waals surface area (Å²) in [6, 6.07) is 2.67. The van der Waals surface area contributed by atoms with Gasteiger partial charge in [-0.15, -0.1) is 11.3 Å². The van der Waals surface area contributed by atoms with E-state index in [1.165, 1.54) is 29.7 Å². The molecule has 0 fully saturated rings. The van der Waals surface area contributed by atoms with Crippen LogP contribution >= 0.6 is 22.9 Å². The minimum Gasteiger partial charge on any atom is -0.255 e. The summed E-state index contributed by atoms with van der Waals surface area (Å²) in [7, 11) is -3.67. The standard InChI is InChI=1S/C10H10ClN3O2S2/c1-6-7(2)17-10(13-6)14-18(15,16)8-3-4-12-9(11)5-8/h3-5H,1-2H3,(H,13,14). The Balaban J connectivity index is 2.33. The Morgan fingerprint density at radius 1 is 1.39 bits per heavy atom. The van der Waals surface area contributed by atoms with Gasteiger partial charge in [0.25, 0.3) is 10.0 Å². The van der Waals surface area contributed by atoms with Crippen LogP contribution < -0.4 is 4.72 Å². The summed E-state index contributed by atoms with van der Waals surface area (Å²) in [5.74, 6) is 0. The summed E-state index contributed by atoms with van der Waals surface area (Å²) in [5, 5.41) is 0.474. The Labute approximate surface area is 114 Å². The highest BCUT2D eigenvalue weighted by Gasteiger charge is 2.17. The molecule has 0 aliphatic heterocycles. The molecule has 96 valence electrons. The van der Waals surface area contributed by atoms with Gasteiger partial charge in [0.05, 0.1) is 10.6 Å². The minimum atomic E-state index is -3.67. The fourth-order valence-corrected chi connectivity index (χ4v) is 3.54. The van der Waals surface area contributed by atoms with E-state index in [0.29, 0.717) is 5.13 Å². The molecule has 0 aliphatic rings. The van der Waals surface area contributed by atoms with Crippen molar-refractivity contribution in [3.63, 3.8) is 0 Å². The summed E-state index contributed by atoms with van der Waals surface area (Å²) >= 11 is 6.96. The molecule has 0 spiro atoms. The molecule has 8 heteroatoms. The van der Waals surface area contributed by atoms with Crippen molar-refractivity contribution in [3.05, 3.63) is 34.1 Å². The van der Waals surface area contributed by atoms with E-state index < -0.39 is 10.0 Å². The summed E-state index contributed by atoms with van der Waals surface area (Å²) in [5.41, 5.74) is 0.811. The van der Waals surface area contributed by atoms with Crippen LogP contribution in [0.25, 0.3) is 0 Å². The van der Waals surface area contributed by atoms with Gasteiger partial charge in [0.15, 0.2) is 5.13 Å². The van der Waals surface area contributed by atoms with Crippen LogP contribution in [0.5, 0.6) is 0 Å². The van der Waals surface area contributed by atoms with Gasteiger partial charge in [-0.3, -0.25) is 4.72 Å². The lowest BCUT2D eigenvalue weighted by Gasteiger charge is -2.04. The minimum absolute atomic E-state index is 0.0630. The third-order valence-electron chi connectivity index (χ3n) is 2.26. The Morgan fingerprint density at radius 3 is 2.67 bits per heavy atom. The molecule has 18 heavy (non-hydrogen) atoms. The van der Waals surface area contributed by atoms with Gasteiger partial charge in [0.2, 0.25) is 0 Å². The number of sulfonamides is 1. The third kappa shape index (κ3) is 2.80. The van der Waals surface area contributed by atoms with Crippen LogP contribution in [0.3, 0.4) is 0 Å². The second-order valence-corrected chi connectivity index (χ2v) is 6.85. The molecular formula is C10H10ClN3O2S2. The van der Waals surface area contributed by atoms with Gasteiger partial charge in [-0.05, 0) is 26.0 Å². The summed E-state index contributed by atoms with van der Waals surface area (Å²) < 4.78 is 26.5. The first-order chi connectivity index (χ1) is 8.38. The van der Waals surface area contributed by atoms with Gasteiger partial charge in [-0.25, -0.2) is 18.4 Å². The molecule has 0 saturated carbocycles. The van der Waals surface area contributed by atoms with Crippen LogP contribution in [-0.4, -0.2) is 18.4 Å². The van der Waals surface area contributed by atoms with Crippen molar-refractivity contribution in [2.75, 3.05) is 4.72 Å². The molecule has 0 bridgehead atoms. The molecular weight excluding hydrogens is 294 g/mol. The Kier molecular flexibility index (Phi) is 3.56. The van der Waals surface area contributed by atoms with Crippen molar-refractivity contribution in [2.45, 2.75) is 18.7 Å². The SMILES string of the molecule is Cc1nc(NS(=O)(=O)c2ccnc(Cl)c2)sc1C. The van der Waals surface area contributed by atoms with Gasteiger partial charge in [0.1, 0.15) is 5.15 Å². The number of aromatic nitrogens is 2. The van der Waals surface area contributed by atoms with Crippen LogP contribution in [0.15, 0.2) is 23.2 Å². The van der Waals surface area contributed by atoms with Gasteiger partial charge in [-0.1, -0.05) is 11.6 Å². The molecule has 0 unspecified atom stereocenters. The molecule has 2 aromatic rings. The van der Waals surface area contributed by atoms with Crippen molar-refractivity contribution in [2.24, 2.45) is 0 Å². The first kappa shape index (κ1) is 13.3. The number of anilines is 1. The molecule has 0 aromatic carbocycles. The Morgan fingerprint density at radius 2 is 2.11 bits per heavy atom. The van der Waals surface area contributed by atoms with E-state index in [1.807, 2.05) is 13.8 Å². The van der Waals surface area contributed by atoms with E-state index in [1.54, 1.807) is 0 Å². The van der Waals surface area contributed by atoms with Crippen LogP contribution in [0.1, 0.15) is 10.6 Å². The Hall–Kier alpha value is -1.18. The maximum Gasteiger partial charge on any atom is 0.263 e. The highest BCUT2D eigenvalue weighted by atomic mass is 35.5. The van der Waals surface area contributed by atoms with Gasteiger partial charge < -0.3 is 0 Å². The number of hydrogen-bond donors (Lipinski definition) is 1. The maximum absolute atomic E-state index is 12.0. The average molecular weight is 304 g/mol. The molecule has 0 saturated heterocycles. The molecule has 2 rings (SSSR count). The van der Waals surface area contributed by atoms with E-state index in [9.17, 15) is 8.42 Å². The van der Waals surface area contributed by atoms with E-state index in [0.717, 1.165) is 10.6 Å². The fourth-order valence-electron chi connectivity index (χ4n) is 1.24. The summed E-state index contributed by atoms with van der Waals surface area (Å²) in [6.45, 7) is 3.71. The quantitative estimate of drug-likeness (QED) is 0.885. The molecule has 0 amide bonds. The van der Waals surface area contributed by atoms with Crippen LogP contribution in [0.4, 0.5) is 5.13 Å². The predicted molar refractivity (Wildman–Crippen MR) is 71.6 cm³/mol. The first-order valence-corrected chi connectivity index (χ1v) is 7.64. The Bertz CT molecular complexity index is 663. The van der Waals surface area contributed by atoms with Gasteiger partial charge >= 0.3 is 0 Å². The average Bonchev–Trinajstić information content (AvgIpc) is 2.57. The van der Waals surface area contributed by atoms with E-state index in [2.05, 4.69) is 14.7 Å². The number of pyridine rings is 1. The zero-order chi connectivity index (χ0) is 13.3. The molecule has 2 heterocycles. The molecule has 0 aliphatic carbocycles. The normalized spacial score (nSPS) is 11.5. The van der Waals surface area contributed by atoms with Crippen molar-refractivity contribution in [1.82, 2.24) is 9.97 Å². The largest absolute Gasteiger partial charge is 0.263 e. The molecule has 0 atom stereocenters.